The van der Waals surface area contributed by atoms with Gasteiger partial charge in [0.1, 0.15) is 5.82 Å². The molecule has 3 heterocycles. The molecule has 1 aliphatic carbocycles. The fourth-order valence-electron chi connectivity index (χ4n) is 5.05. The normalized spacial score (nSPS) is 17.3. The summed E-state index contributed by atoms with van der Waals surface area (Å²) < 4.78 is 2.21. The molecule has 1 N–H and O–H groups in total. The molecule has 0 saturated carbocycles. The van der Waals surface area contributed by atoms with Gasteiger partial charge in [-0.15, -0.1) is 37.2 Å². The largest absolute Gasteiger partial charge is 0.335 e. The van der Waals surface area contributed by atoms with Gasteiger partial charge in [-0.3, -0.25) is 4.98 Å². The van der Waals surface area contributed by atoms with Gasteiger partial charge in [-0.1, -0.05) is 29.8 Å². The van der Waals surface area contributed by atoms with Gasteiger partial charge in [0.15, 0.2) is 0 Å². The molecule has 1 aliphatic heterocycles. The fourth-order valence-corrected chi connectivity index (χ4v) is 5.23. The summed E-state index contributed by atoms with van der Waals surface area (Å²) in [6.07, 6.45) is 11.5. The molecular formula is C25H30Cl4N4. The monoisotopic (exact) mass is 526 g/mol. The van der Waals surface area contributed by atoms with E-state index >= 15 is 0 Å². The number of aryl methyl sites for hydroxylation is 2. The maximum Gasteiger partial charge on any atom is 0.105 e. The van der Waals surface area contributed by atoms with Crippen molar-refractivity contribution in [2.45, 2.75) is 38.6 Å². The standard InChI is InChI=1S/C25H27ClN4.3ClH/c1-17-28-12-14-30(17)13-8-19-15-20-16-21(26)4-5-22(20)24(18-6-10-27-11-7-18)25-23(19)3-2-9-29-25;;;/h2-5,9,12,14-16,18,24,27H,6-8,10-11,13H2,1H3;3*1H. The number of benzene rings is 1. The highest BCUT2D eigenvalue weighted by molar-refractivity contribution is 6.30. The first kappa shape index (κ1) is 27.7. The van der Waals surface area contributed by atoms with Gasteiger partial charge < -0.3 is 9.88 Å². The number of imidazole rings is 1. The lowest BCUT2D eigenvalue weighted by Gasteiger charge is -2.32. The quantitative estimate of drug-likeness (QED) is 0.416. The predicted octanol–water partition coefficient (Wildman–Crippen LogP) is 6.58. The Morgan fingerprint density at radius 1 is 1.06 bits per heavy atom. The lowest BCUT2D eigenvalue weighted by atomic mass is 9.76. The fraction of sp³-hybridized carbons (Fsp3) is 0.360. The summed E-state index contributed by atoms with van der Waals surface area (Å²) in [7, 11) is 0. The van der Waals surface area contributed by atoms with E-state index in [0.29, 0.717) is 11.8 Å². The molecule has 0 radical (unpaired) electrons. The molecule has 3 aromatic rings. The first-order valence-corrected chi connectivity index (χ1v) is 11.2. The Kier molecular flexibility index (Phi) is 10.3. The van der Waals surface area contributed by atoms with E-state index in [1.54, 1.807) is 0 Å². The van der Waals surface area contributed by atoms with Gasteiger partial charge in [-0.25, -0.2) is 4.98 Å². The van der Waals surface area contributed by atoms with Crippen LogP contribution in [0, 0.1) is 12.8 Å². The molecule has 1 saturated heterocycles. The van der Waals surface area contributed by atoms with Gasteiger partial charge >= 0.3 is 0 Å². The average Bonchev–Trinajstić information content (AvgIpc) is 3.12. The second-order valence-corrected chi connectivity index (χ2v) is 8.80. The zero-order valence-corrected chi connectivity index (χ0v) is 21.7. The third kappa shape index (κ3) is 5.75. The smallest absolute Gasteiger partial charge is 0.105 e. The first-order chi connectivity index (χ1) is 14.7. The van der Waals surface area contributed by atoms with Crippen molar-refractivity contribution in [3.63, 3.8) is 0 Å². The van der Waals surface area contributed by atoms with Gasteiger partial charge in [0.25, 0.3) is 0 Å². The summed E-state index contributed by atoms with van der Waals surface area (Å²) >= 11 is 6.43. The highest BCUT2D eigenvalue weighted by atomic mass is 35.5. The predicted molar refractivity (Wildman–Crippen MR) is 144 cm³/mol. The summed E-state index contributed by atoms with van der Waals surface area (Å²) in [4.78, 5) is 9.33. The number of pyridine rings is 1. The number of hydrogen-bond donors (Lipinski definition) is 1. The maximum atomic E-state index is 6.43. The van der Waals surface area contributed by atoms with Crippen LogP contribution in [0.4, 0.5) is 0 Å². The lowest BCUT2D eigenvalue weighted by molar-refractivity contribution is 0.339. The second kappa shape index (κ2) is 12.2. The van der Waals surface area contributed by atoms with Crippen LogP contribution >= 0.6 is 48.8 Å². The van der Waals surface area contributed by atoms with Gasteiger partial charge in [-0.2, -0.15) is 0 Å². The Labute approximate surface area is 219 Å². The van der Waals surface area contributed by atoms with E-state index in [0.717, 1.165) is 36.9 Å². The highest BCUT2D eigenvalue weighted by Gasteiger charge is 2.32. The number of aromatic nitrogens is 3. The number of fused-ring (bicyclic) bond motifs is 2. The molecule has 1 aromatic carbocycles. The van der Waals surface area contributed by atoms with Crippen LogP contribution in [0.5, 0.6) is 0 Å². The van der Waals surface area contributed by atoms with Crippen molar-refractivity contribution >= 4 is 60.5 Å². The van der Waals surface area contributed by atoms with E-state index in [4.69, 9.17) is 16.6 Å². The number of hydrogen-bond acceptors (Lipinski definition) is 3. The van der Waals surface area contributed by atoms with Crippen LogP contribution in [-0.2, 0) is 6.54 Å². The van der Waals surface area contributed by atoms with Crippen LogP contribution in [0.2, 0.25) is 5.02 Å². The van der Waals surface area contributed by atoms with Gasteiger partial charge in [0.2, 0.25) is 0 Å². The highest BCUT2D eigenvalue weighted by Crippen LogP contribution is 2.44. The van der Waals surface area contributed by atoms with Crippen LogP contribution in [0.15, 0.2) is 48.9 Å². The molecule has 5 rings (SSSR count). The average molecular weight is 528 g/mol. The SMILES string of the molecule is Cc1nccn1CCC1=Cc2cc(Cl)ccc2C(C2CCNCC2)c2ncccc21.Cl.Cl.Cl. The van der Waals surface area contributed by atoms with Crippen molar-refractivity contribution in [2.75, 3.05) is 13.1 Å². The lowest BCUT2D eigenvalue weighted by Crippen LogP contribution is -2.32. The minimum absolute atomic E-state index is 0. The Bertz CT molecular complexity index is 1090. The minimum Gasteiger partial charge on any atom is -0.335 e. The van der Waals surface area contributed by atoms with E-state index < -0.39 is 0 Å². The van der Waals surface area contributed by atoms with Gasteiger partial charge in [0, 0.05) is 36.1 Å². The zero-order chi connectivity index (χ0) is 20.5. The molecule has 1 atom stereocenters. The van der Waals surface area contributed by atoms with Crippen LogP contribution in [0.25, 0.3) is 11.6 Å². The van der Waals surface area contributed by atoms with Crippen LogP contribution in [-0.4, -0.2) is 27.6 Å². The summed E-state index contributed by atoms with van der Waals surface area (Å²) in [5.74, 6) is 1.94. The Balaban J connectivity index is 0.00000128. The number of allylic oxidation sites excluding steroid dienone is 1. The van der Waals surface area contributed by atoms with Gasteiger partial charge in [0.05, 0.1) is 5.69 Å². The van der Waals surface area contributed by atoms with E-state index in [-0.39, 0.29) is 37.2 Å². The molecule has 178 valence electrons. The van der Waals surface area contributed by atoms with Crippen molar-refractivity contribution in [1.29, 1.82) is 0 Å². The first-order valence-electron chi connectivity index (χ1n) is 10.8. The minimum atomic E-state index is 0. The van der Waals surface area contributed by atoms with Crippen LogP contribution in [0.1, 0.15) is 53.4 Å². The number of nitrogens with one attached hydrogen (secondary N) is 1. The zero-order valence-electron chi connectivity index (χ0n) is 18.5. The van der Waals surface area contributed by atoms with Gasteiger partial charge in [-0.05, 0) is 85.7 Å². The van der Waals surface area contributed by atoms with Crippen molar-refractivity contribution in [1.82, 2.24) is 19.9 Å². The molecule has 4 nitrogen and oxygen atoms in total. The third-order valence-electron chi connectivity index (χ3n) is 6.59. The molecule has 0 spiro atoms. The number of rotatable bonds is 4. The topological polar surface area (TPSA) is 42.7 Å². The van der Waals surface area contributed by atoms with Crippen molar-refractivity contribution in [3.8, 4) is 0 Å². The molecule has 1 unspecified atom stereocenters. The Morgan fingerprint density at radius 3 is 2.58 bits per heavy atom. The van der Waals surface area contributed by atoms with Crippen molar-refractivity contribution in [3.05, 3.63) is 82.2 Å². The Morgan fingerprint density at radius 2 is 1.85 bits per heavy atom. The molecule has 0 amide bonds. The maximum absolute atomic E-state index is 6.43. The molecule has 2 aliphatic rings. The summed E-state index contributed by atoms with van der Waals surface area (Å²) in [6.45, 7) is 5.11. The molecule has 1 fully saturated rings. The van der Waals surface area contributed by atoms with E-state index in [9.17, 15) is 0 Å². The van der Waals surface area contributed by atoms with Crippen LogP contribution < -0.4 is 5.32 Å². The van der Waals surface area contributed by atoms with Crippen molar-refractivity contribution in [2.24, 2.45) is 5.92 Å². The molecule has 33 heavy (non-hydrogen) atoms. The van der Waals surface area contributed by atoms with Crippen molar-refractivity contribution < 1.29 is 0 Å². The molecular weight excluding hydrogens is 498 g/mol. The number of halogens is 4. The molecule has 8 heteroatoms. The Hall–Kier alpha value is -1.56. The number of nitrogens with zero attached hydrogens (tertiary/aromatic N) is 3. The second-order valence-electron chi connectivity index (χ2n) is 8.36. The molecule has 2 aromatic heterocycles. The third-order valence-corrected chi connectivity index (χ3v) is 6.83. The van der Waals surface area contributed by atoms with E-state index in [1.807, 2.05) is 18.5 Å². The summed E-state index contributed by atoms with van der Waals surface area (Å²) in [5, 5.41) is 4.30. The van der Waals surface area contributed by atoms with Crippen LogP contribution in [0.3, 0.4) is 0 Å². The summed E-state index contributed by atoms with van der Waals surface area (Å²) in [6, 6.07) is 10.7. The van der Waals surface area contributed by atoms with E-state index in [1.165, 1.54) is 40.8 Å². The summed E-state index contributed by atoms with van der Waals surface area (Å²) in [5.41, 5.74) is 6.43. The van der Waals surface area contributed by atoms with E-state index in [2.05, 4.69) is 58.3 Å². The molecule has 0 bridgehead atoms. The number of piperidine rings is 1.